The van der Waals surface area contributed by atoms with E-state index in [1.807, 2.05) is 0 Å². The minimum Gasteiger partial charge on any atom is -0.494 e. The quantitative estimate of drug-likeness (QED) is 0.404. The predicted molar refractivity (Wildman–Crippen MR) is 103 cm³/mol. The van der Waals surface area contributed by atoms with Crippen molar-refractivity contribution in [1.29, 1.82) is 0 Å². The third-order valence-electron chi connectivity index (χ3n) is 4.91. The van der Waals surface area contributed by atoms with Crippen LogP contribution in [0, 0.1) is 46.5 Å². The SMILES string of the molecule is COc1ccc(F)c(B(c2c(F)cc(F)c(OC)c2F)c2c(F)cc(F)c(OC)c2F)c1F. The lowest BCUT2D eigenvalue weighted by atomic mass is 9.36. The third kappa shape index (κ3) is 3.94. The number of methoxy groups -OCH3 is 3. The molecule has 0 unspecified atom stereocenters. The maximum atomic E-state index is 15.2. The first-order valence-electron chi connectivity index (χ1n) is 9.03. The molecular formula is C21H13BF8O3. The molecule has 0 heterocycles. The molecule has 3 aromatic carbocycles. The fraction of sp³-hybridized carbons (Fsp3) is 0.143. The highest BCUT2D eigenvalue weighted by atomic mass is 19.2. The number of ether oxygens (including phenoxy) is 3. The maximum absolute atomic E-state index is 15.2. The van der Waals surface area contributed by atoms with Crippen LogP contribution in [0.5, 0.6) is 17.2 Å². The molecule has 3 aromatic rings. The second-order valence-electron chi connectivity index (χ2n) is 6.61. The molecule has 0 fully saturated rings. The van der Waals surface area contributed by atoms with Gasteiger partial charge in [-0.05, 0) is 12.1 Å². The van der Waals surface area contributed by atoms with E-state index in [-0.39, 0.29) is 12.1 Å². The molecule has 33 heavy (non-hydrogen) atoms. The highest BCUT2D eigenvalue weighted by molar-refractivity contribution is 6.96. The van der Waals surface area contributed by atoms with Gasteiger partial charge in [0.05, 0.1) is 21.3 Å². The second-order valence-corrected chi connectivity index (χ2v) is 6.61. The highest BCUT2D eigenvalue weighted by Crippen LogP contribution is 2.26. The van der Waals surface area contributed by atoms with E-state index in [1.165, 1.54) is 0 Å². The smallest absolute Gasteiger partial charge is 0.264 e. The molecule has 0 aliphatic heterocycles. The Labute approximate surface area is 182 Å². The van der Waals surface area contributed by atoms with Crippen molar-refractivity contribution in [2.24, 2.45) is 0 Å². The van der Waals surface area contributed by atoms with Crippen molar-refractivity contribution in [1.82, 2.24) is 0 Å². The van der Waals surface area contributed by atoms with Crippen LogP contribution in [0.3, 0.4) is 0 Å². The Morgan fingerprint density at radius 2 is 0.939 bits per heavy atom. The van der Waals surface area contributed by atoms with E-state index in [0.717, 1.165) is 27.4 Å². The van der Waals surface area contributed by atoms with Crippen molar-refractivity contribution in [2.75, 3.05) is 21.3 Å². The van der Waals surface area contributed by atoms with Gasteiger partial charge in [-0.15, -0.1) is 0 Å². The molecule has 3 rings (SSSR count). The summed E-state index contributed by atoms with van der Waals surface area (Å²) >= 11 is 0. The molecule has 0 atom stereocenters. The molecule has 0 bridgehead atoms. The largest absolute Gasteiger partial charge is 0.494 e. The Kier molecular flexibility index (Phi) is 6.75. The molecule has 0 saturated heterocycles. The van der Waals surface area contributed by atoms with Gasteiger partial charge in [-0.1, -0.05) is 0 Å². The lowest BCUT2D eigenvalue weighted by Crippen LogP contribution is -2.59. The molecule has 0 N–H and O–H groups in total. The van der Waals surface area contributed by atoms with Crippen molar-refractivity contribution in [3.8, 4) is 17.2 Å². The molecule has 3 nitrogen and oxygen atoms in total. The molecule has 0 aromatic heterocycles. The predicted octanol–water partition coefficient (Wildman–Crippen LogP) is 3.34. The fourth-order valence-electron chi connectivity index (χ4n) is 3.48. The van der Waals surface area contributed by atoms with Crippen LogP contribution in [0.2, 0.25) is 0 Å². The number of rotatable bonds is 6. The topological polar surface area (TPSA) is 27.7 Å². The Hall–Kier alpha value is -3.44. The van der Waals surface area contributed by atoms with Crippen molar-refractivity contribution >= 4 is 23.1 Å². The zero-order valence-electron chi connectivity index (χ0n) is 17.1. The second kappa shape index (κ2) is 9.20. The Bertz CT molecular complexity index is 1170. The third-order valence-corrected chi connectivity index (χ3v) is 4.91. The molecule has 0 radical (unpaired) electrons. The van der Waals surface area contributed by atoms with Gasteiger partial charge in [0.2, 0.25) is 0 Å². The Balaban J connectivity index is 2.56. The van der Waals surface area contributed by atoms with Crippen molar-refractivity contribution in [2.45, 2.75) is 0 Å². The minimum atomic E-state index is -2.57. The molecule has 0 amide bonds. The lowest BCUT2D eigenvalue weighted by Gasteiger charge is -2.22. The van der Waals surface area contributed by atoms with Crippen LogP contribution in [0.15, 0.2) is 24.3 Å². The summed E-state index contributed by atoms with van der Waals surface area (Å²) in [6, 6.07) is 1.66. The van der Waals surface area contributed by atoms with Crippen LogP contribution in [0.25, 0.3) is 0 Å². The van der Waals surface area contributed by atoms with E-state index in [4.69, 9.17) is 4.74 Å². The first-order chi connectivity index (χ1) is 15.6. The summed E-state index contributed by atoms with van der Waals surface area (Å²) in [6.45, 7) is -2.57. The zero-order valence-corrected chi connectivity index (χ0v) is 17.1. The van der Waals surface area contributed by atoms with Crippen LogP contribution < -0.4 is 30.6 Å². The van der Waals surface area contributed by atoms with Gasteiger partial charge in [0, 0.05) is 28.5 Å². The summed E-state index contributed by atoms with van der Waals surface area (Å²) in [5.74, 6) is -16.3. The van der Waals surface area contributed by atoms with Crippen LogP contribution in [0.4, 0.5) is 35.1 Å². The fourth-order valence-corrected chi connectivity index (χ4v) is 3.48. The summed E-state index contributed by atoms with van der Waals surface area (Å²) in [4.78, 5) is 0. The zero-order chi connectivity index (χ0) is 24.6. The average molecular weight is 476 g/mol. The molecule has 0 aliphatic carbocycles. The Morgan fingerprint density at radius 3 is 1.33 bits per heavy atom. The van der Waals surface area contributed by atoms with E-state index < -0.39 is 86.9 Å². The molecular weight excluding hydrogens is 463 g/mol. The summed E-state index contributed by atoms with van der Waals surface area (Å²) in [6.07, 6.45) is 0. The van der Waals surface area contributed by atoms with Gasteiger partial charge in [0.15, 0.2) is 46.3 Å². The van der Waals surface area contributed by atoms with Crippen LogP contribution in [-0.2, 0) is 0 Å². The van der Waals surface area contributed by atoms with Crippen LogP contribution >= 0.6 is 0 Å². The molecule has 12 heteroatoms. The molecule has 0 saturated carbocycles. The van der Waals surface area contributed by atoms with Gasteiger partial charge in [-0.25, -0.2) is 35.1 Å². The van der Waals surface area contributed by atoms with Gasteiger partial charge < -0.3 is 14.2 Å². The number of halogens is 8. The van der Waals surface area contributed by atoms with E-state index in [9.17, 15) is 22.0 Å². The molecule has 0 aliphatic rings. The van der Waals surface area contributed by atoms with Gasteiger partial charge in [-0.3, -0.25) is 0 Å². The lowest BCUT2D eigenvalue weighted by molar-refractivity contribution is 0.357. The maximum Gasteiger partial charge on any atom is 0.264 e. The standard InChI is InChI=1S/C21H13BF8O3/c1-31-13-5-4-8(23)14(17(13)28)22(15-9(24)6-11(26)20(32-2)18(15)29)16-10(25)7-12(27)21(33-3)19(16)30/h4-7H,1-3H3. The van der Waals surface area contributed by atoms with E-state index >= 15 is 13.2 Å². The van der Waals surface area contributed by atoms with Crippen molar-refractivity contribution in [3.05, 3.63) is 70.8 Å². The van der Waals surface area contributed by atoms with Gasteiger partial charge in [0.25, 0.3) is 6.71 Å². The van der Waals surface area contributed by atoms with E-state index in [2.05, 4.69) is 9.47 Å². The van der Waals surface area contributed by atoms with Crippen molar-refractivity contribution in [3.63, 3.8) is 0 Å². The summed E-state index contributed by atoms with van der Waals surface area (Å²) in [5.41, 5.74) is -4.00. The normalized spacial score (nSPS) is 10.9. The average Bonchev–Trinajstić information content (AvgIpc) is 2.73. The first kappa shape index (κ1) is 24.2. The molecule has 0 spiro atoms. The number of hydrogen-bond acceptors (Lipinski definition) is 3. The number of benzene rings is 3. The van der Waals surface area contributed by atoms with E-state index in [1.54, 1.807) is 0 Å². The number of hydrogen-bond donors (Lipinski definition) is 0. The first-order valence-corrected chi connectivity index (χ1v) is 9.03. The van der Waals surface area contributed by atoms with Crippen molar-refractivity contribution < 1.29 is 49.3 Å². The van der Waals surface area contributed by atoms with Gasteiger partial charge in [0.1, 0.15) is 17.5 Å². The summed E-state index contributed by atoms with van der Waals surface area (Å²) in [5, 5.41) is 0. The highest BCUT2D eigenvalue weighted by Gasteiger charge is 2.41. The van der Waals surface area contributed by atoms with Gasteiger partial charge in [-0.2, -0.15) is 0 Å². The summed E-state index contributed by atoms with van der Waals surface area (Å²) in [7, 11) is 2.61. The monoisotopic (exact) mass is 476 g/mol. The Morgan fingerprint density at radius 1 is 0.515 bits per heavy atom. The minimum absolute atomic E-state index is 0.108. The molecule has 174 valence electrons. The van der Waals surface area contributed by atoms with E-state index in [0.29, 0.717) is 6.07 Å². The van der Waals surface area contributed by atoms with Crippen LogP contribution in [-0.4, -0.2) is 28.0 Å². The summed E-state index contributed by atoms with van der Waals surface area (Å²) < 4.78 is 132. The van der Waals surface area contributed by atoms with Gasteiger partial charge >= 0.3 is 0 Å². The van der Waals surface area contributed by atoms with Crippen LogP contribution in [0.1, 0.15) is 0 Å².